The highest BCUT2D eigenvalue weighted by molar-refractivity contribution is 7.49. The van der Waals surface area contributed by atoms with Gasteiger partial charge in [-0.05, 0) is 22.5 Å². The fraction of sp³-hybridized carbons (Fsp3) is 0.600. The van der Waals surface area contributed by atoms with E-state index in [2.05, 4.69) is 0 Å². The molecule has 4 N–H and O–H groups in total. The SMILES string of the molecule is CC(C)(C)c1cc(C(C)(C)C)c2c(c1F)COP(=O)(OC[C@@]1(F)O[C@@H](n3cc(CO)c(=O)[nH]c3=O)[C@H](O)[C@@H]1O)O2. The molecule has 0 amide bonds. The molecule has 4 rings (SSSR count). The number of alkyl halides is 1. The molecule has 40 heavy (non-hydrogen) atoms. The van der Waals surface area contributed by atoms with Crippen LogP contribution in [0.5, 0.6) is 5.75 Å². The molecule has 15 heteroatoms. The first-order chi connectivity index (χ1) is 18.3. The van der Waals surface area contributed by atoms with Crippen LogP contribution in [0.4, 0.5) is 8.78 Å². The second-order valence-electron chi connectivity index (χ2n) is 11.9. The van der Waals surface area contributed by atoms with Crippen molar-refractivity contribution in [2.45, 2.75) is 89.9 Å². The Morgan fingerprint density at radius 3 is 2.38 bits per heavy atom. The number of aliphatic hydroxyl groups is 3. The van der Waals surface area contributed by atoms with E-state index in [0.29, 0.717) is 15.7 Å². The minimum atomic E-state index is -4.61. The maximum atomic E-state index is 15.7. The zero-order valence-corrected chi connectivity index (χ0v) is 23.8. The Balaban J connectivity index is 1.61. The smallest absolute Gasteiger partial charge is 0.403 e. The van der Waals surface area contributed by atoms with Crippen LogP contribution < -0.4 is 15.8 Å². The third-order valence-corrected chi connectivity index (χ3v) is 8.07. The third kappa shape index (κ3) is 5.41. The van der Waals surface area contributed by atoms with Crippen LogP contribution in [0.1, 0.15) is 70.0 Å². The number of H-pyrrole nitrogens is 1. The monoisotopic (exact) mass is 590 g/mol. The van der Waals surface area contributed by atoms with Crippen LogP contribution in [0.25, 0.3) is 0 Å². The third-order valence-electron chi connectivity index (χ3n) is 6.77. The van der Waals surface area contributed by atoms with Crippen LogP contribution in [0.15, 0.2) is 21.9 Å². The first-order valence-corrected chi connectivity index (χ1v) is 13.9. The number of aromatic amines is 1. The Kier molecular flexibility index (Phi) is 7.72. The molecule has 1 aromatic heterocycles. The van der Waals surface area contributed by atoms with Crippen molar-refractivity contribution in [3.8, 4) is 5.75 Å². The van der Waals surface area contributed by atoms with Gasteiger partial charge in [0, 0.05) is 11.8 Å². The molecular weight excluding hydrogens is 557 g/mol. The van der Waals surface area contributed by atoms with E-state index in [4.69, 9.17) is 18.3 Å². The number of hydrogen-bond acceptors (Lipinski definition) is 10. The summed E-state index contributed by atoms with van der Waals surface area (Å²) in [6, 6.07) is 1.62. The van der Waals surface area contributed by atoms with Gasteiger partial charge in [-0.1, -0.05) is 41.5 Å². The highest BCUT2D eigenvalue weighted by Crippen LogP contribution is 2.58. The quantitative estimate of drug-likeness (QED) is 0.380. The van der Waals surface area contributed by atoms with Crippen molar-refractivity contribution in [3.05, 3.63) is 61.2 Å². The van der Waals surface area contributed by atoms with Crippen LogP contribution in [-0.4, -0.2) is 49.5 Å². The Bertz CT molecular complexity index is 1480. The lowest BCUT2D eigenvalue weighted by Crippen LogP contribution is -2.43. The fourth-order valence-corrected chi connectivity index (χ4v) is 5.70. The fourth-order valence-electron chi connectivity index (χ4n) is 4.47. The molecule has 12 nitrogen and oxygen atoms in total. The largest absolute Gasteiger partial charge is 0.530 e. The van der Waals surface area contributed by atoms with E-state index in [1.54, 1.807) is 6.07 Å². The zero-order valence-electron chi connectivity index (χ0n) is 22.9. The Labute approximate surface area is 228 Å². The van der Waals surface area contributed by atoms with Gasteiger partial charge in [0.15, 0.2) is 6.23 Å². The van der Waals surface area contributed by atoms with Gasteiger partial charge in [0.2, 0.25) is 0 Å². The van der Waals surface area contributed by atoms with E-state index in [9.17, 15) is 29.5 Å². The number of phosphoric ester groups is 1. The Hall–Kier alpha value is -2.45. The van der Waals surface area contributed by atoms with E-state index >= 15 is 8.78 Å². The first-order valence-electron chi connectivity index (χ1n) is 12.4. The van der Waals surface area contributed by atoms with E-state index in [1.807, 2.05) is 46.5 Å². The van der Waals surface area contributed by atoms with Gasteiger partial charge in [-0.3, -0.25) is 23.4 Å². The van der Waals surface area contributed by atoms with Crippen molar-refractivity contribution in [2.75, 3.05) is 6.61 Å². The van der Waals surface area contributed by atoms with Crippen LogP contribution in [0.2, 0.25) is 0 Å². The van der Waals surface area contributed by atoms with Gasteiger partial charge < -0.3 is 24.6 Å². The lowest BCUT2D eigenvalue weighted by molar-refractivity contribution is -0.205. The van der Waals surface area contributed by atoms with E-state index in [1.165, 1.54) is 0 Å². The molecule has 0 spiro atoms. The summed E-state index contributed by atoms with van der Waals surface area (Å²) in [7, 11) is -4.61. The molecule has 2 aromatic rings. The summed E-state index contributed by atoms with van der Waals surface area (Å²) >= 11 is 0. The molecule has 2 aliphatic rings. The van der Waals surface area contributed by atoms with Crippen molar-refractivity contribution < 1.29 is 47.0 Å². The molecule has 0 saturated carbocycles. The molecule has 1 fully saturated rings. The minimum Gasteiger partial charge on any atom is -0.403 e. The van der Waals surface area contributed by atoms with Crippen LogP contribution in [0, 0.1) is 5.82 Å². The Morgan fingerprint density at radius 2 is 1.80 bits per heavy atom. The summed E-state index contributed by atoms with van der Waals surface area (Å²) in [5, 5.41) is 30.1. The van der Waals surface area contributed by atoms with Crippen molar-refractivity contribution in [2.24, 2.45) is 0 Å². The lowest BCUT2D eigenvalue weighted by Gasteiger charge is -2.34. The molecule has 1 aromatic carbocycles. The number of nitrogens with one attached hydrogen (secondary N) is 1. The number of halogens is 2. The number of rotatable bonds is 5. The highest BCUT2D eigenvalue weighted by Gasteiger charge is 2.58. The number of aliphatic hydroxyl groups excluding tert-OH is 3. The van der Waals surface area contributed by atoms with Crippen LogP contribution in [-0.2, 0) is 42.4 Å². The molecule has 0 aliphatic carbocycles. The van der Waals surface area contributed by atoms with Gasteiger partial charge in [0.05, 0.1) is 24.3 Å². The van der Waals surface area contributed by atoms with Crippen molar-refractivity contribution in [1.82, 2.24) is 9.55 Å². The summed E-state index contributed by atoms with van der Waals surface area (Å²) in [6.45, 7) is 8.47. The molecular formula is C25H33F2N2O10P. The number of fused-ring (bicyclic) bond motifs is 1. The molecule has 5 atom stereocenters. The number of aromatic nitrogens is 2. The van der Waals surface area contributed by atoms with Gasteiger partial charge in [0.1, 0.15) is 30.4 Å². The normalized spacial score (nSPS) is 28.8. The predicted octanol–water partition coefficient (Wildman–Crippen LogP) is 2.41. The van der Waals surface area contributed by atoms with E-state index in [-0.39, 0.29) is 16.9 Å². The molecule has 1 saturated heterocycles. The topological polar surface area (TPSA) is 170 Å². The van der Waals surface area contributed by atoms with E-state index in [0.717, 1.165) is 6.20 Å². The van der Waals surface area contributed by atoms with E-state index < -0.39 is 79.8 Å². The molecule has 2 aliphatic heterocycles. The summed E-state index contributed by atoms with van der Waals surface area (Å²) in [5.74, 6) is -3.89. The van der Waals surface area contributed by atoms with Gasteiger partial charge in [-0.15, -0.1) is 0 Å². The average Bonchev–Trinajstić information content (AvgIpc) is 3.06. The first kappa shape index (κ1) is 30.5. The van der Waals surface area contributed by atoms with Crippen molar-refractivity contribution in [1.29, 1.82) is 0 Å². The van der Waals surface area contributed by atoms with Gasteiger partial charge in [0.25, 0.3) is 11.4 Å². The zero-order chi connectivity index (χ0) is 30.0. The summed E-state index contributed by atoms with van der Waals surface area (Å²) < 4.78 is 66.2. The number of ether oxygens (including phenoxy) is 1. The second kappa shape index (κ2) is 10.1. The molecule has 0 bridgehead atoms. The summed E-state index contributed by atoms with van der Waals surface area (Å²) in [4.78, 5) is 25.9. The Morgan fingerprint density at radius 1 is 1.18 bits per heavy atom. The highest BCUT2D eigenvalue weighted by atomic mass is 31.2. The van der Waals surface area contributed by atoms with Gasteiger partial charge >= 0.3 is 13.5 Å². The number of benzene rings is 1. The summed E-state index contributed by atoms with van der Waals surface area (Å²) in [6.07, 6.45) is -5.37. The number of nitrogens with zero attached hydrogens (tertiary/aromatic N) is 1. The average molecular weight is 591 g/mol. The maximum Gasteiger partial charge on any atom is 0.530 e. The van der Waals surface area contributed by atoms with Crippen LogP contribution in [0.3, 0.4) is 0 Å². The van der Waals surface area contributed by atoms with Gasteiger partial charge in [-0.25, -0.2) is 18.1 Å². The van der Waals surface area contributed by atoms with Crippen molar-refractivity contribution in [3.63, 3.8) is 0 Å². The second-order valence-corrected chi connectivity index (χ2v) is 13.5. The van der Waals surface area contributed by atoms with Crippen LogP contribution >= 0.6 is 7.82 Å². The standard InChI is InChI=1S/C25H33F2N2O10P/c1-23(2,3)14-7-15(24(4,5)6)18-13(16(14)26)10-36-40(35,39-18)37-11-25(27)19(32)17(31)21(38-25)29-8-12(9-30)20(33)28-22(29)34/h7-8,17,19,21,30-32H,9-11H2,1-6H3,(H,28,33,34)/t17-,19+,21-,25-,40?/m1/s1. The molecule has 1 unspecified atom stereocenters. The maximum absolute atomic E-state index is 15.7. The number of phosphoric acid groups is 1. The minimum absolute atomic E-state index is 0.0205. The summed E-state index contributed by atoms with van der Waals surface area (Å²) in [5.41, 5.74) is -2.55. The lowest BCUT2D eigenvalue weighted by atomic mass is 9.78. The van der Waals surface area contributed by atoms with Gasteiger partial charge in [-0.2, -0.15) is 0 Å². The molecule has 222 valence electrons. The van der Waals surface area contributed by atoms with Crippen molar-refractivity contribution >= 4 is 7.82 Å². The molecule has 3 heterocycles. The molecule has 0 radical (unpaired) electrons. The number of hydrogen-bond donors (Lipinski definition) is 4. The predicted molar refractivity (Wildman–Crippen MR) is 136 cm³/mol.